The molecule has 2 aromatic rings. The lowest BCUT2D eigenvalue weighted by atomic mass is 10.3. The summed E-state index contributed by atoms with van der Waals surface area (Å²) in [7, 11) is 1.34. The number of hydrogen-bond acceptors (Lipinski definition) is 3. The second kappa shape index (κ2) is 3.55. The van der Waals surface area contributed by atoms with Gasteiger partial charge in [0.25, 0.3) is 0 Å². The van der Waals surface area contributed by atoms with E-state index in [1.807, 2.05) is 0 Å². The van der Waals surface area contributed by atoms with Gasteiger partial charge < -0.3 is 4.74 Å². The molecule has 2 rings (SSSR count). The van der Waals surface area contributed by atoms with Gasteiger partial charge in [0.05, 0.1) is 12.8 Å². The van der Waals surface area contributed by atoms with Crippen molar-refractivity contribution in [3.63, 3.8) is 0 Å². The van der Waals surface area contributed by atoms with Crippen molar-refractivity contribution < 1.29 is 9.53 Å². The predicted molar refractivity (Wildman–Crippen MR) is 56.3 cm³/mol. The summed E-state index contributed by atoms with van der Waals surface area (Å²) >= 11 is 5.82. The van der Waals surface area contributed by atoms with Crippen molar-refractivity contribution in [2.45, 2.75) is 6.92 Å². The van der Waals surface area contributed by atoms with Crippen LogP contribution in [0.2, 0.25) is 5.02 Å². The van der Waals surface area contributed by atoms with Gasteiger partial charge in [0.2, 0.25) is 0 Å². The molecule has 78 valence electrons. The van der Waals surface area contributed by atoms with E-state index in [0.29, 0.717) is 22.1 Å². The van der Waals surface area contributed by atoms with Crippen LogP contribution in [0.4, 0.5) is 0 Å². The summed E-state index contributed by atoms with van der Waals surface area (Å²) in [6, 6.07) is 3.39. The third-order valence-corrected chi connectivity index (χ3v) is 2.38. The molecule has 0 spiro atoms. The number of aromatic nitrogens is 2. The Morgan fingerprint density at radius 1 is 1.60 bits per heavy atom. The van der Waals surface area contributed by atoms with Crippen LogP contribution in [0.1, 0.15) is 16.2 Å². The van der Waals surface area contributed by atoms with E-state index in [1.165, 1.54) is 7.11 Å². The maximum absolute atomic E-state index is 11.5. The first-order chi connectivity index (χ1) is 7.13. The van der Waals surface area contributed by atoms with E-state index in [1.54, 1.807) is 29.7 Å². The maximum Gasteiger partial charge on any atom is 0.356 e. The van der Waals surface area contributed by atoms with E-state index < -0.39 is 5.97 Å². The van der Waals surface area contributed by atoms with Crippen molar-refractivity contribution >= 4 is 23.2 Å². The molecule has 15 heavy (non-hydrogen) atoms. The molecule has 2 heterocycles. The number of pyridine rings is 1. The zero-order valence-electron chi connectivity index (χ0n) is 8.32. The predicted octanol–water partition coefficient (Wildman–Crippen LogP) is 2.08. The fourth-order valence-corrected chi connectivity index (χ4v) is 1.63. The second-order valence-corrected chi connectivity index (χ2v) is 3.55. The number of methoxy groups -OCH3 is 1. The first-order valence-corrected chi connectivity index (χ1v) is 4.74. The van der Waals surface area contributed by atoms with Crippen molar-refractivity contribution in [3.05, 3.63) is 34.7 Å². The van der Waals surface area contributed by atoms with Gasteiger partial charge in [-0.05, 0) is 13.0 Å². The molecule has 0 saturated carbocycles. The number of ether oxygens (including phenoxy) is 1. The lowest BCUT2D eigenvalue weighted by Gasteiger charge is -2.00. The van der Waals surface area contributed by atoms with Crippen molar-refractivity contribution in [2.24, 2.45) is 0 Å². The fraction of sp³-hybridized carbons (Fsp3) is 0.200. The zero-order valence-corrected chi connectivity index (χ0v) is 9.08. The summed E-state index contributed by atoms with van der Waals surface area (Å²) in [4.78, 5) is 15.7. The number of rotatable bonds is 1. The summed E-state index contributed by atoms with van der Waals surface area (Å²) in [5, 5.41) is 0.587. The Kier molecular flexibility index (Phi) is 2.36. The lowest BCUT2D eigenvalue weighted by molar-refractivity contribution is 0.0592. The molecule has 0 radical (unpaired) electrons. The summed E-state index contributed by atoms with van der Waals surface area (Å²) in [5.41, 5.74) is 1.70. The Hall–Kier alpha value is -1.55. The van der Waals surface area contributed by atoms with Gasteiger partial charge in [0.1, 0.15) is 5.65 Å². The van der Waals surface area contributed by atoms with Crippen LogP contribution in [0.5, 0.6) is 0 Å². The average Bonchev–Trinajstić information content (AvgIpc) is 2.52. The smallest absolute Gasteiger partial charge is 0.356 e. The van der Waals surface area contributed by atoms with Gasteiger partial charge in [0, 0.05) is 17.3 Å². The maximum atomic E-state index is 11.5. The topological polar surface area (TPSA) is 43.6 Å². The molecule has 0 aliphatic heterocycles. The van der Waals surface area contributed by atoms with Crippen LogP contribution in [0.15, 0.2) is 18.3 Å². The second-order valence-electron chi connectivity index (χ2n) is 3.11. The quantitative estimate of drug-likeness (QED) is 0.697. The number of carbonyl (C=O) groups is 1. The molecular weight excluding hydrogens is 216 g/mol. The molecule has 0 unspecified atom stereocenters. The van der Waals surface area contributed by atoms with Crippen molar-refractivity contribution in [1.29, 1.82) is 0 Å². The van der Waals surface area contributed by atoms with Gasteiger partial charge >= 0.3 is 5.97 Å². The highest BCUT2D eigenvalue weighted by molar-refractivity contribution is 6.30. The summed E-state index contributed by atoms with van der Waals surface area (Å²) < 4.78 is 6.34. The van der Waals surface area contributed by atoms with Gasteiger partial charge in [-0.15, -0.1) is 0 Å². The molecule has 0 bridgehead atoms. The largest absolute Gasteiger partial charge is 0.464 e. The summed E-state index contributed by atoms with van der Waals surface area (Å²) in [6.07, 6.45) is 1.70. The lowest BCUT2D eigenvalue weighted by Crippen LogP contribution is -2.06. The molecule has 2 aromatic heterocycles. The molecule has 5 heteroatoms. The minimum Gasteiger partial charge on any atom is -0.464 e. The first kappa shape index (κ1) is 9.98. The molecule has 0 fully saturated rings. The summed E-state index contributed by atoms with van der Waals surface area (Å²) in [5.74, 6) is -0.401. The molecule has 4 nitrogen and oxygen atoms in total. The monoisotopic (exact) mass is 224 g/mol. The molecule has 0 N–H and O–H groups in total. The van der Waals surface area contributed by atoms with Gasteiger partial charge in [-0.2, -0.15) is 0 Å². The number of hydrogen-bond donors (Lipinski definition) is 0. The third-order valence-electron chi connectivity index (χ3n) is 2.14. The van der Waals surface area contributed by atoms with Gasteiger partial charge in [-0.1, -0.05) is 11.6 Å². The van der Waals surface area contributed by atoms with Crippen LogP contribution >= 0.6 is 11.6 Å². The highest BCUT2D eigenvalue weighted by Gasteiger charge is 2.16. The van der Waals surface area contributed by atoms with Gasteiger partial charge in [-0.3, -0.25) is 4.40 Å². The van der Waals surface area contributed by atoms with E-state index in [4.69, 9.17) is 11.6 Å². The number of imidazole rings is 1. The standard InChI is InChI=1S/C10H9ClN2O2/c1-6-9(10(14)15-2)13-4-3-7(11)5-8(13)12-6/h3-5H,1-2H3. The number of halogens is 1. The Morgan fingerprint density at radius 2 is 2.33 bits per heavy atom. The summed E-state index contributed by atoms with van der Waals surface area (Å²) in [6.45, 7) is 1.76. The fourth-order valence-electron chi connectivity index (χ4n) is 1.48. The van der Waals surface area contributed by atoms with Crippen LogP contribution in [-0.2, 0) is 4.74 Å². The van der Waals surface area contributed by atoms with Crippen LogP contribution in [0.3, 0.4) is 0 Å². The molecule has 0 aliphatic rings. The van der Waals surface area contributed by atoms with E-state index in [9.17, 15) is 4.79 Å². The minimum atomic E-state index is -0.401. The highest BCUT2D eigenvalue weighted by atomic mass is 35.5. The molecule has 0 saturated heterocycles. The average molecular weight is 225 g/mol. The highest BCUT2D eigenvalue weighted by Crippen LogP contribution is 2.16. The minimum absolute atomic E-state index is 0.401. The van der Waals surface area contributed by atoms with Gasteiger partial charge in [0.15, 0.2) is 5.69 Å². The van der Waals surface area contributed by atoms with E-state index in [-0.39, 0.29) is 0 Å². The van der Waals surface area contributed by atoms with Crippen LogP contribution in [0.25, 0.3) is 5.65 Å². The van der Waals surface area contributed by atoms with E-state index >= 15 is 0 Å². The zero-order chi connectivity index (χ0) is 11.0. The number of aryl methyl sites for hydroxylation is 1. The van der Waals surface area contributed by atoms with Crippen molar-refractivity contribution in [1.82, 2.24) is 9.38 Å². The molecule has 0 atom stereocenters. The van der Waals surface area contributed by atoms with Crippen molar-refractivity contribution in [2.75, 3.05) is 7.11 Å². The van der Waals surface area contributed by atoms with Crippen molar-refractivity contribution in [3.8, 4) is 0 Å². The van der Waals surface area contributed by atoms with E-state index in [2.05, 4.69) is 9.72 Å². The Bertz CT molecular complexity index is 533. The van der Waals surface area contributed by atoms with Crippen LogP contribution in [-0.4, -0.2) is 22.5 Å². The molecule has 0 aliphatic carbocycles. The van der Waals surface area contributed by atoms with Gasteiger partial charge in [-0.25, -0.2) is 9.78 Å². The Balaban J connectivity index is 2.73. The molecule has 0 aromatic carbocycles. The number of nitrogens with zero attached hydrogens (tertiary/aromatic N) is 2. The molecule has 0 amide bonds. The van der Waals surface area contributed by atoms with Crippen LogP contribution in [0, 0.1) is 6.92 Å². The Labute approximate surface area is 91.4 Å². The van der Waals surface area contributed by atoms with Crippen LogP contribution < -0.4 is 0 Å². The normalized spacial score (nSPS) is 10.6. The van der Waals surface area contributed by atoms with E-state index in [0.717, 1.165) is 0 Å². The third kappa shape index (κ3) is 1.57. The Morgan fingerprint density at radius 3 is 3.00 bits per heavy atom. The molecular formula is C10H9ClN2O2. The SMILES string of the molecule is COC(=O)c1c(C)nc2cc(Cl)ccn12. The number of carbonyl (C=O) groups excluding carboxylic acids is 1. The number of esters is 1. The number of fused-ring (bicyclic) bond motifs is 1. The first-order valence-electron chi connectivity index (χ1n) is 4.36.